The molecule has 0 amide bonds. The highest BCUT2D eigenvalue weighted by Gasteiger charge is 2.20. The molecule has 4 rings (SSSR count). The van der Waals surface area contributed by atoms with Crippen molar-refractivity contribution in [2.24, 2.45) is 0 Å². The zero-order valence-corrected chi connectivity index (χ0v) is 13.0. The van der Waals surface area contributed by atoms with Gasteiger partial charge in [-0.3, -0.25) is 5.10 Å². The normalized spacial score (nSPS) is 10.9. The van der Waals surface area contributed by atoms with E-state index in [1.54, 1.807) is 18.2 Å². The van der Waals surface area contributed by atoms with Crippen LogP contribution in [0.3, 0.4) is 0 Å². The summed E-state index contributed by atoms with van der Waals surface area (Å²) in [7, 11) is 0. The van der Waals surface area contributed by atoms with E-state index in [4.69, 9.17) is 0 Å². The molecule has 0 aliphatic carbocycles. The summed E-state index contributed by atoms with van der Waals surface area (Å²) in [4.78, 5) is 16.3. The van der Waals surface area contributed by atoms with Gasteiger partial charge in [-0.2, -0.15) is 5.10 Å². The molecule has 0 aliphatic rings. The lowest BCUT2D eigenvalue weighted by Crippen LogP contribution is -2.00. The van der Waals surface area contributed by atoms with Crippen LogP contribution >= 0.6 is 0 Å². The number of rotatable bonds is 3. The molecule has 2 heterocycles. The fraction of sp³-hybridized carbons (Fsp3) is 0. The monoisotopic (exact) mass is 331 g/mol. The lowest BCUT2D eigenvalue weighted by Gasteiger charge is -2.07. The number of para-hydroxylation sites is 1. The van der Waals surface area contributed by atoms with Gasteiger partial charge in [0.15, 0.2) is 5.65 Å². The number of carboxylic acids is 1. The number of pyridine rings is 1. The fourth-order valence-corrected chi connectivity index (χ4v) is 2.83. The van der Waals surface area contributed by atoms with Gasteiger partial charge >= 0.3 is 5.97 Å². The Labute approximate surface area is 142 Å². The molecule has 3 N–H and O–H groups in total. The second-order valence-corrected chi connectivity index (χ2v) is 5.54. The van der Waals surface area contributed by atoms with Crippen molar-refractivity contribution < 1.29 is 15.0 Å². The quantitative estimate of drug-likeness (QED) is 0.531. The number of aromatic amines is 1. The van der Waals surface area contributed by atoms with E-state index in [2.05, 4.69) is 15.2 Å². The first-order valence-electron chi connectivity index (χ1n) is 7.61. The van der Waals surface area contributed by atoms with E-state index in [0.717, 1.165) is 5.56 Å². The van der Waals surface area contributed by atoms with Gasteiger partial charge in [0.1, 0.15) is 5.75 Å². The van der Waals surface area contributed by atoms with Crippen molar-refractivity contribution in [2.75, 3.05) is 0 Å². The Balaban J connectivity index is 2.01. The number of hydrogen-bond acceptors (Lipinski definition) is 4. The first kappa shape index (κ1) is 14.9. The largest absolute Gasteiger partial charge is 0.507 e. The van der Waals surface area contributed by atoms with Crippen LogP contribution in [0.15, 0.2) is 60.7 Å². The van der Waals surface area contributed by atoms with Crippen LogP contribution in [-0.4, -0.2) is 31.4 Å². The third kappa shape index (κ3) is 2.49. The van der Waals surface area contributed by atoms with Crippen molar-refractivity contribution in [2.45, 2.75) is 0 Å². The number of phenolic OH excluding ortho intramolecular Hbond substituents is 1. The molecule has 122 valence electrons. The van der Waals surface area contributed by atoms with Crippen LogP contribution in [0.1, 0.15) is 10.4 Å². The molecule has 0 fully saturated rings. The fourth-order valence-electron chi connectivity index (χ4n) is 2.83. The van der Waals surface area contributed by atoms with Gasteiger partial charge in [0, 0.05) is 11.1 Å². The van der Waals surface area contributed by atoms with Crippen LogP contribution < -0.4 is 0 Å². The molecule has 0 aliphatic heterocycles. The number of aromatic nitrogens is 3. The number of aromatic hydroxyl groups is 1. The first-order chi connectivity index (χ1) is 12.1. The van der Waals surface area contributed by atoms with Crippen molar-refractivity contribution in [3.05, 3.63) is 66.2 Å². The zero-order valence-electron chi connectivity index (χ0n) is 13.0. The third-order valence-corrected chi connectivity index (χ3v) is 4.00. The van der Waals surface area contributed by atoms with Crippen LogP contribution in [0.2, 0.25) is 0 Å². The number of benzene rings is 2. The first-order valence-corrected chi connectivity index (χ1v) is 7.61. The van der Waals surface area contributed by atoms with Gasteiger partial charge in [-0.05, 0) is 18.2 Å². The standard InChI is InChI=1S/C19H13N3O3/c23-15-9-5-4-8-12(15)14-10-13(19(24)25)16-17(21-22-18(16)20-14)11-6-2-1-3-7-11/h1-10,23H,(H,24,25)(H,20,21,22). The van der Waals surface area contributed by atoms with Gasteiger partial charge < -0.3 is 10.2 Å². The minimum atomic E-state index is -1.08. The summed E-state index contributed by atoms with van der Waals surface area (Å²) in [5.41, 5.74) is 2.60. The van der Waals surface area contributed by atoms with Crippen LogP contribution in [0.5, 0.6) is 5.75 Å². The lowest BCUT2D eigenvalue weighted by atomic mass is 10.0. The number of carbonyl (C=O) groups is 1. The molecule has 25 heavy (non-hydrogen) atoms. The van der Waals surface area contributed by atoms with Crippen LogP contribution in [0.25, 0.3) is 33.5 Å². The third-order valence-electron chi connectivity index (χ3n) is 4.00. The van der Waals surface area contributed by atoms with Gasteiger partial charge in [-0.15, -0.1) is 0 Å². The Morgan fingerprint density at radius 2 is 1.72 bits per heavy atom. The van der Waals surface area contributed by atoms with Crippen molar-refractivity contribution in [1.82, 2.24) is 15.2 Å². The average molecular weight is 331 g/mol. The van der Waals surface area contributed by atoms with Crippen LogP contribution in [-0.2, 0) is 0 Å². The Morgan fingerprint density at radius 3 is 2.44 bits per heavy atom. The Kier molecular flexibility index (Phi) is 3.43. The number of aromatic carboxylic acids is 1. The highest BCUT2D eigenvalue weighted by Crippen LogP contribution is 2.33. The van der Waals surface area contributed by atoms with Gasteiger partial charge in [0.25, 0.3) is 0 Å². The number of phenols is 1. The molecular formula is C19H13N3O3. The zero-order chi connectivity index (χ0) is 17.4. The summed E-state index contributed by atoms with van der Waals surface area (Å²) in [6.07, 6.45) is 0. The molecule has 0 saturated carbocycles. The molecule has 0 unspecified atom stereocenters. The molecule has 0 saturated heterocycles. The summed E-state index contributed by atoms with van der Waals surface area (Å²) < 4.78 is 0. The number of carboxylic acid groups (broad SMARTS) is 1. The molecule has 0 bridgehead atoms. The molecule has 2 aromatic carbocycles. The molecule has 0 radical (unpaired) electrons. The van der Waals surface area contributed by atoms with Gasteiger partial charge in [-0.25, -0.2) is 9.78 Å². The smallest absolute Gasteiger partial charge is 0.336 e. The maximum atomic E-state index is 11.8. The van der Waals surface area contributed by atoms with E-state index in [1.807, 2.05) is 30.3 Å². The van der Waals surface area contributed by atoms with Crippen LogP contribution in [0.4, 0.5) is 0 Å². The highest BCUT2D eigenvalue weighted by molar-refractivity contribution is 6.08. The lowest BCUT2D eigenvalue weighted by molar-refractivity contribution is 0.0699. The summed E-state index contributed by atoms with van der Waals surface area (Å²) in [5, 5.41) is 27.2. The van der Waals surface area contributed by atoms with E-state index < -0.39 is 5.97 Å². The molecule has 4 aromatic rings. The maximum absolute atomic E-state index is 11.8. The molecular weight excluding hydrogens is 318 g/mol. The summed E-state index contributed by atoms with van der Waals surface area (Å²) in [6, 6.07) is 17.5. The van der Waals surface area contributed by atoms with E-state index >= 15 is 0 Å². The maximum Gasteiger partial charge on any atom is 0.336 e. The van der Waals surface area contributed by atoms with Gasteiger partial charge in [-0.1, -0.05) is 42.5 Å². The Morgan fingerprint density at radius 1 is 1.00 bits per heavy atom. The molecule has 0 atom stereocenters. The Hall–Kier alpha value is -3.67. The number of nitrogens with zero attached hydrogens (tertiary/aromatic N) is 2. The van der Waals surface area contributed by atoms with Crippen molar-refractivity contribution in [3.63, 3.8) is 0 Å². The topological polar surface area (TPSA) is 99.1 Å². The van der Waals surface area contributed by atoms with E-state index in [-0.39, 0.29) is 17.0 Å². The minimum Gasteiger partial charge on any atom is -0.507 e. The second kappa shape index (κ2) is 5.76. The minimum absolute atomic E-state index is 0.0320. The molecule has 0 spiro atoms. The van der Waals surface area contributed by atoms with Gasteiger partial charge in [0.05, 0.1) is 22.3 Å². The number of nitrogens with one attached hydrogen (secondary N) is 1. The molecule has 6 heteroatoms. The van der Waals surface area contributed by atoms with Crippen molar-refractivity contribution in [1.29, 1.82) is 0 Å². The summed E-state index contributed by atoms with van der Waals surface area (Å²) in [6.45, 7) is 0. The van der Waals surface area contributed by atoms with Crippen LogP contribution in [0, 0.1) is 0 Å². The Bertz CT molecular complexity index is 1090. The number of hydrogen-bond donors (Lipinski definition) is 3. The molecule has 2 aromatic heterocycles. The summed E-state index contributed by atoms with van der Waals surface area (Å²) in [5.74, 6) is -1.05. The second-order valence-electron chi connectivity index (χ2n) is 5.54. The average Bonchev–Trinajstić information content (AvgIpc) is 3.06. The number of H-pyrrole nitrogens is 1. The molecule has 6 nitrogen and oxygen atoms in total. The van der Waals surface area contributed by atoms with Crippen molar-refractivity contribution >= 4 is 17.0 Å². The predicted octanol–water partition coefficient (Wildman–Crippen LogP) is 3.70. The van der Waals surface area contributed by atoms with E-state index in [9.17, 15) is 15.0 Å². The highest BCUT2D eigenvalue weighted by atomic mass is 16.4. The number of fused-ring (bicyclic) bond motifs is 1. The van der Waals surface area contributed by atoms with Crippen molar-refractivity contribution in [3.8, 4) is 28.3 Å². The van der Waals surface area contributed by atoms with Gasteiger partial charge in [0.2, 0.25) is 0 Å². The summed E-state index contributed by atoms with van der Waals surface area (Å²) >= 11 is 0. The van der Waals surface area contributed by atoms with E-state index in [0.29, 0.717) is 22.3 Å². The van der Waals surface area contributed by atoms with E-state index in [1.165, 1.54) is 12.1 Å². The predicted molar refractivity (Wildman–Crippen MR) is 93.4 cm³/mol. The SMILES string of the molecule is O=C(O)c1cc(-c2ccccc2O)nc2n[nH]c(-c3ccccc3)c12.